The van der Waals surface area contributed by atoms with Crippen LogP contribution in [0.1, 0.15) is 25.7 Å². The highest BCUT2D eigenvalue weighted by Gasteiger charge is 2.52. The number of aliphatic hydroxyl groups is 2. The second-order valence-electron chi connectivity index (χ2n) is 5.97. The fourth-order valence-electron chi connectivity index (χ4n) is 3.67. The molecule has 4 atom stereocenters. The zero-order valence-corrected chi connectivity index (χ0v) is 11.7. The van der Waals surface area contributed by atoms with Gasteiger partial charge in [0.15, 0.2) is 0 Å². The van der Waals surface area contributed by atoms with Crippen LogP contribution in [-0.4, -0.2) is 41.2 Å². The topological polar surface area (TPSA) is 61.7 Å². The second kappa shape index (κ2) is 5.72. The molecule has 0 bridgehead atoms. The lowest BCUT2D eigenvalue weighted by Gasteiger charge is -2.51. The van der Waals surface area contributed by atoms with Gasteiger partial charge in [0, 0.05) is 24.8 Å². The Kier molecular flexibility index (Phi) is 3.96. The lowest BCUT2D eigenvalue weighted by atomic mass is 9.69. The molecule has 3 unspecified atom stereocenters. The van der Waals surface area contributed by atoms with E-state index in [0.717, 1.165) is 31.4 Å². The van der Waals surface area contributed by atoms with Gasteiger partial charge in [0.25, 0.3) is 0 Å². The minimum atomic E-state index is -0.875. The first-order chi connectivity index (χ1) is 9.74. The molecule has 1 aromatic rings. The smallest absolute Gasteiger partial charge is 0.111 e. The Morgan fingerprint density at radius 2 is 2.05 bits per heavy atom. The average Bonchev–Trinajstić information content (AvgIpc) is 2.49. The summed E-state index contributed by atoms with van der Waals surface area (Å²) in [6, 6.07) is 9.97. The Morgan fingerprint density at radius 3 is 2.80 bits per heavy atom. The van der Waals surface area contributed by atoms with E-state index in [9.17, 15) is 10.2 Å². The molecule has 3 rings (SSSR count). The molecule has 0 radical (unpaired) electrons. The Hall–Kier alpha value is -1.10. The first-order valence-electron chi connectivity index (χ1n) is 7.50. The molecule has 3 N–H and O–H groups in total. The summed E-state index contributed by atoms with van der Waals surface area (Å²) >= 11 is 0. The van der Waals surface area contributed by atoms with Crippen LogP contribution in [-0.2, 0) is 4.74 Å². The molecule has 1 aliphatic heterocycles. The van der Waals surface area contributed by atoms with Crippen molar-refractivity contribution in [2.75, 3.05) is 18.5 Å². The van der Waals surface area contributed by atoms with E-state index in [0.29, 0.717) is 6.61 Å². The number of rotatable bonds is 3. The van der Waals surface area contributed by atoms with Crippen molar-refractivity contribution in [3.8, 4) is 0 Å². The molecule has 1 saturated heterocycles. The Balaban J connectivity index is 1.80. The summed E-state index contributed by atoms with van der Waals surface area (Å²) in [6.45, 7) is 0.770. The summed E-state index contributed by atoms with van der Waals surface area (Å²) in [5.74, 6) is 0.0501. The van der Waals surface area contributed by atoms with Crippen molar-refractivity contribution < 1.29 is 14.9 Å². The van der Waals surface area contributed by atoms with Gasteiger partial charge in [0.05, 0.1) is 12.1 Å². The Morgan fingerprint density at radius 1 is 1.25 bits per heavy atom. The van der Waals surface area contributed by atoms with Gasteiger partial charge < -0.3 is 20.3 Å². The van der Waals surface area contributed by atoms with Crippen LogP contribution in [0.5, 0.6) is 0 Å². The predicted molar refractivity (Wildman–Crippen MR) is 77.6 cm³/mol. The molecule has 1 aliphatic carbocycles. The third kappa shape index (κ3) is 2.43. The first-order valence-corrected chi connectivity index (χ1v) is 7.50. The molecular formula is C16H23NO3. The van der Waals surface area contributed by atoms with Crippen molar-refractivity contribution in [1.29, 1.82) is 0 Å². The van der Waals surface area contributed by atoms with Gasteiger partial charge in [-0.25, -0.2) is 0 Å². The van der Waals surface area contributed by atoms with E-state index in [-0.39, 0.29) is 24.7 Å². The minimum Gasteiger partial charge on any atom is -0.396 e. The zero-order chi connectivity index (χ0) is 14.0. The molecular weight excluding hydrogens is 254 g/mol. The number of hydrogen-bond acceptors (Lipinski definition) is 4. The SMILES string of the molecule is OC[C@@H]1CCC(Nc2ccccc2)C2(O)CCCOC12. The van der Waals surface area contributed by atoms with E-state index in [1.807, 2.05) is 30.3 Å². The molecule has 1 saturated carbocycles. The van der Waals surface area contributed by atoms with Gasteiger partial charge in [-0.3, -0.25) is 0 Å². The van der Waals surface area contributed by atoms with Crippen molar-refractivity contribution in [2.45, 2.75) is 43.4 Å². The third-order valence-electron chi connectivity index (χ3n) is 4.72. The van der Waals surface area contributed by atoms with E-state index < -0.39 is 5.60 Å². The summed E-state index contributed by atoms with van der Waals surface area (Å²) in [6.07, 6.45) is 3.09. The lowest BCUT2D eigenvalue weighted by molar-refractivity contribution is -0.195. The van der Waals surface area contributed by atoms with Crippen LogP contribution >= 0.6 is 0 Å². The number of ether oxygens (including phenoxy) is 1. The summed E-state index contributed by atoms with van der Waals surface area (Å²) in [7, 11) is 0. The first kappa shape index (κ1) is 13.9. The van der Waals surface area contributed by atoms with Crippen LogP contribution < -0.4 is 5.32 Å². The van der Waals surface area contributed by atoms with Gasteiger partial charge in [-0.2, -0.15) is 0 Å². The number of para-hydroxylation sites is 1. The van der Waals surface area contributed by atoms with E-state index in [2.05, 4.69) is 5.32 Å². The van der Waals surface area contributed by atoms with E-state index in [1.54, 1.807) is 0 Å². The molecule has 1 heterocycles. The molecule has 2 aliphatic rings. The van der Waals surface area contributed by atoms with Crippen molar-refractivity contribution in [2.24, 2.45) is 5.92 Å². The molecule has 4 nitrogen and oxygen atoms in total. The van der Waals surface area contributed by atoms with Gasteiger partial charge in [0.1, 0.15) is 5.60 Å². The number of hydrogen-bond donors (Lipinski definition) is 3. The summed E-state index contributed by atoms with van der Waals surface area (Å²) < 4.78 is 5.81. The average molecular weight is 277 g/mol. The Bertz CT molecular complexity index is 439. The van der Waals surface area contributed by atoms with Gasteiger partial charge in [-0.1, -0.05) is 18.2 Å². The second-order valence-corrected chi connectivity index (χ2v) is 5.97. The monoisotopic (exact) mass is 277 g/mol. The fourth-order valence-corrected chi connectivity index (χ4v) is 3.67. The molecule has 1 aromatic carbocycles. The number of aliphatic hydroxyl groups excluding tert-OH is 1. The van der Waals surface area contributed by atoms with Crippen LogP contribution in [0.3, 0.4) is 0 Å². The molecule has 0 spiro atoms. The zero-order valence-electron chi connectivity index (χ0n) is 11.7. The highest BCUT2D eigenvalue weighted by molar-refractivity contribution is 5.44. The largest absolute Gasteiger partial charge is 0.396 e. The maximum absolute atomic E-state index is 11.1. The van der Waals surface area contributed by atoms with Crippen molar-refractivity contribution >= 4 is 5.69 Å². The van der Waals surface area contributed by atoms with E-state index in [1.165, 1.54) is 0 Å². The maximum Gasteiger partial charge on any atom is 0.111 e. The van der Waals surface area contributed by atoms with Gasteiger partial charge in [0.2, 0.25) is 0 Å². The van der Waals surface area contributed by atoms with Crippen LogP contribution in [0.25, 0.3) is 0 Å². The molecule has 0 aromatic heterocycles. The molecule has 0 amide bonds. The van der Waals surface area contributed by atoms with Gasteiger partial charge >= 0.3 is 0 Å². The number of nitrogens with one attached hydrogen (secondary N) is 1. The summed E-state index contributed by atoms with van der Waals surface area (Å²) in [5, 5.41) is 24.1. The van der Waals surface area contributed by atoms with E-state index in [4.69, 9.17) is 4.74 Å². The van der Waals surface area contributed by atoms with E-state index >= 15 is 0 Å². The highest BCUT2D eigenvalue weighted by Crippen LogP contribution is 2.41. The van der Waals surface area contributed by atoms with Crippen molar-refractivity contribution in [1.82, 2.24) is 0 Å². The van der Waals surface area contributed by atoms with Crippen LogP contribution in [0.15, 0.2) is 30.3 Å². The molecule has 20 heavy (non-hydrogen) atoms. The molecule has 110 valence electrons. The highest BCUT2D eigenvalue weighted by atomic mass is 16.5. The predicted octanol–water partition coefficient (Wildman–Crippen LogP) is 1.78. The third-order valence-corrected chi connectivity index (χ3v) is 4.72. The number of fused-ring (bicyclic) bond motifs is 1. The lowest BCUT2D eigenvalue weighted by Crippen LogP contribution is -2.64. The summed E-state index contributed by atoms with van der Waals surface area (Å²) in [4.78, 5) is 0. The van der Waals surface area contributed by atoms with Gasteiger partial charge in [-0.05, 0) is 37.8 Å². The Labute approximate surface area is 119 Å². The molecule has 4 heteroatoms. The number of benzene rings is 1. The number of anilines is 1. The quantitative estimate of drug-likeness (QED) is 0.788. The summed E-state index contributed by atoms with van der Waals surface area (Å²) in [5.41, 5.74) is 0.150. The van der Waals surface area contributed by atoms with Crippen LogP contribution in [0.2, 0.25) is 0 Å². The molecule has 2 fully saturated rings. The van der Waals surface area contributed by atoms with Crippen molar-refractivity contribution in [3.63, 3.8) is 0 Å². The van der Waals surface area contributed by atoms with Gasteiger partial charge in [-0.15, -0.1) is 0 Å². The van der Waals surface area contributed by atoms with Crippen molar-refractivity contribution in [3.05, 3.63) is 30.3 Å². The van der Waals surface area contributed by atoms with Crippen LogP contribution in [0.4, 0.5) is 5.69 Å². The maximum atomic E-state index is 11.1. The minimum absolute atomic E-state index is 0.0157. The normalized spacial score (nSPS) is 37.2. The fraction of sp³-hybridized carbons (Fsp3) is 0.625. The standard InChI is InChI=1S/C16H23NO3/c18-11-12-7-8-14(17-13-5-2-1-3-6-13)16(19)9-4-10-20-15(12)16/h1-3,5-6,12,14-15,17-19H,4,7-11H2/t12-,14?,15?,16?/m0/s1. The van der Waals surface area contributed by atoms with Crippen LogP contribution in [0, 0.1) is 5.92 Å².